The van der Waals surface area contributed by atoms with Crippen LogP contribution in [0.2, 0.25) is 0 Å². The first kappa shape index (κ1) is 20.3. The Morgan fingerprint density at radius 1 is 1.04 bits per heavy atom. The molecule has 2 aromatic rings. The summed E-state index contributed by atoms with van der Waals surface area (Å²) in [7, 11) is 0. The van der Waals surface area contributed by atoms with Crippen LogP contribution in [0.4, 0.5) is 4.39 Å². The zero-order valence-corrected chi connectivity index (χ0v) is 16.0. The molecule has 0 bridgehead atoms. The van der Waals surface area contributed by atoms with E-state index >= 15 is 0 Å². The molecular formula is C22H27FN2O3. The minimum absolute atomic E-state index is 0.0000920. The quantitative estimate of drug-likeness (QED) is 0.673. The first-order valence-corrected chi connectivity index (χ1v) is 9.72. The molecule has 6 heteroatoms. The molecule has 5 nitrogen and oxygen atoms in total. The lowest BCUT2D eigenvalue weighted by atomic mass is 10.1. The largest absolute Gasteiger partial charge is 0.494 e. The summed E-state index contributed by atoms with van der Waals surface area (Å²) in [6.07, 6.45) is 1.01. The van der Waals surface area contributed by atoms with Gasteiger partial charge in [0, 0.05) is 32.6 Å². The van der Waals surface area contributed by atoms with Crippen LogP contribution in [0.25, 0.3) is 0 Å². The van der Waals surface area contributed by atoms with Crippen LogP contribution in [-0.2, 0) is 22.6 Å². The SMILES string of the molecule is O=C(CCCOc1ccc(F)cc1)NCc1ccc(CN2CCOCC2)cc1. The van der Waals surface area contributed by atoms with Crippen LogP contribution < -0.4 is 10.1 Å². The molecule has 150 valence electrons. The maximum atomic E-state index is 12.8. The summed E-state index contributed by atoms with van der Waals surface area (Å²) in [5, 5.41) is 2.93. The Morgan fingerprint density at radius 2 is 1.71 bits per heavy atom. The van der Waals surface area contributed by atoms with Crippen LogP contribution in [0.3, 0.4) is 0 Å². The van der Waals surface area contributed by atoms with E-state index in [4.69, 9.17) is 9.47 Å². The van der Waals surface area contributed by atoms with Crippen molar-refractivity contribution < 1.29 is 18.7 Å². The highest BCUT2D eigenvalue weighted by Gasteiger charge is 2.10. The number of carbonyl (C=O) groups excluding carboxylic acids is 1. The maximum absolute atomic E-state index is 12.8. The average molecular weight is 386 g/mol. The van der Waals surface area contributed by atoms with E-state index in [1.165, 1.54) is 17.7 Å². The number of benzene rings is 2. The number of hydrogen-bond acceptors (Lipinski definition) is 4. The van der Waals surface area contributed by atoms with Gasteiger partial charge < -0.3 is 14.8 Å². The molecule has 1 amide bonds. The molecule has 0 aliphatic carbocycles. The van der Waals surface area contributed by atoms with Crippen molar-refractivity contribution in [2.75, 3.05) is 32.9 Å². The van der Waals surface area contributed by atoms with Crippen molar-refractivity contribution in [3.63, 3.8) is 0 Å². The Hall–Kier alpha value is -2.44. The second-order valence-electron chi connectivity index (χ2n) is 6.89. The van der Waals surface area contributed by atoms with Gasteiger partial charge >= 0.3 is 0 Å². The van der Waals surface area contributed by atoms with E-state index in [0.717, 1.165) is 38.4 Å². The Labute approximate surface area is 165 Å². The van der Waals surface area contributed by atoms with Crippen LogP contribution >= 0.6 is 0 Å². The number of nitrogens with zero attached hydrogens (tertiary/aromatic N) is 1. The topological polar surface area (TPSA) is 50.8 Å². The van der Waals surface area contributed by atoms with E-state index in [9.17, 15) is 9.18 Å². The standard InChI is InChI=1S/C22H27FN2O3/c23-20-7-9-21(10-8-20)28-13-1-2-22(26)24-16-18-3-5-19(6-4-18)17-25-11-14-27-15-12-25/h3-10H,1-2,11-17H2,(H,24,26). The number of hydrogen-bond donors (Lipinski definition) is 1. The molecule has 1 fully saturated rings. The average Bonchev–Trinajstić information content (AvgIpc) is 2.73. The van der Waals surface area contributed by atoms with E-state index < -0.39 is 0 Å². The molecule has 28 heavy (non-hydrogen) atoms. The first-order chi connectivity index (χ1) is 13.7. The fourth-order valence-corrected chi connectivity index (χ4v) is 3.02. The molecule has 1 saturated heterocycles. The second-order valence-corrected chi connectivity index (χ2v) is 6.89. The van der Waals surface area contributed by atoms with Gasteiger partial charge in [-0.25, -0.2) is 4.39 Å². The van der Waals surface area contributed by atoms with Gasteiger partial charge in [-0.05, 0) is 41.8 Å². The molecular weight excluding hydrogens is 359 g/mol. The van der Waals surface area contributed by atoms with Gasteiger partial charge in [-0.1, -0.05) is 24.3 Å². The zero-order chi connectivity index (χ0) is 19.6. The van der Waals surface area contributed by atoms with E-state index in [1.807, 2.05) is 0 Å². The Morgan fingerprint density at radius 3 is 2.43 bits per heavy atom. The van der Waals surface area contributed by atoms with Crippen LogP contribution in [0.1, 0.15) is 24.0 Å². The minimum atomic E-state index is -0.291. The molecule has 1 aliphatic rings. The van der Waals surface area contributed by atoms with Crippen LogP contribution in [0, 0.1) is 5.82 Å². The van der Waals surface area contributed by atoms with Gasteiger partial charge in [0.15, 0.2) is 0 Å². The Bertz CT molecular complexity index is 728. The smallest absolute Gasteiger partial charge is 0.220 e. The maximum Gasteiger partial charge on any atom is 0.220 e. The van der Waals surface area contributed by atoms with Crippen LogP contribution in [0.15, 0.2) is 48.5 Å². The van der Waals surface area contributed by atoms with Crippen LogP contribution in [0.5, 0.6) is 5.75 Å². The molecule has 0 unspecified atom stereocenters. The van der Waals surface area contributed by atoms with Gasteiger partial charge in [-0.3, -0.25) is 9.69 Å². The lowest BCUT2D eigenvalue weighted by Gasteiger charge is -2.26. The van der Waals surface area contributed by atoms with Gasteiger partial charge in [-0.15, -0.1) is 0 Å². The lowest BCUT2D eigenvalue weighted by molar-refractivity contribution is -0.121. The third-order valence-corrected chi connectivity index (χ3v) is 4.65. The zero-order valence-electron chi connectivity index (χ0n) is 16.0. The van der Waals surface area contributed by atoms with E-state index in [1.54, 1.807) is 12.1 Å². The Kier molecular flexibility index (Phi) is 7.82. The number of nitrogens with one attached hydrogen (secondary N) is 1. The van der Waals surface area contributed by atoms with Crippen molar-refractivity contribution in [3.05, 3.63) is 65.5 Å². The number of halogens is 1. The number of amides is 1. The van der Waals surface area contributed by atoms with Crippen molar-refractivity contribution in [3.8, 4) is 5.75 Å². The van der Waals surface area contributed by atoms with Crippen molar-refractivity contribution >= 4 is 5.91 Å². The summed E-state index contributed by atoms with van der Waals surface area (Å²) in [4.78, 5) is 14.4. The number of ether oxygens (including phenoxy) is 2. The Balaban J connectivity index is 1.31. The highest BCUT2D eigenvalue weighted by molar-refractivity contribution is 5.75. The summed E-state index contributed by atoms with van der Waals surface area (Å²) in [5.74, 6) is 0.319. The molecule has 1 aliphatic heterocycles. The predicted molar refractivity (Wildman–Crippen MR) is 106 cm³/mol. The van der Waals surface area contributed by atoms with Crippen molar-refractivity contribution in [1.29, 1.82) is 0 Å². The fourth-order valence-electron chi connectivity index (χ4n) is 3.02. The second kappa shape index (κ2) is 10.8. The first-order valence-electron chi connectivity index (χ1n) is 9.72. The number of rotatable bonds is 9. The van der Waals surface area contributed by atoms with Crippen molar-refractivity contribution in [1.82, 2.24) is 10.2 Å². The fraction of sp³-hybridized carbons (Fsp3) is 0.409. The van der Waals surface area contributed by atoms with Gasteiger partial charge in [0.05, 0.1) is 19.8 Å². The molecule has 1 N–H and O–H groups in total. The van der Waals surface area contributed by atoms with Gasteiger partial charge in [0.25, 0.3) is 0 Å². The molecule has 0 saturated carbocycles. The van der Waals surface area contributed by atoms with Crippen molar-refractivity contribution in [2.45, 2.75) is 25.9 Å². The normalized spacial score (nSPS) is 14.6. The summed E-state index contributed by atoms with van der Waals surface area (Å²) >= 11 is 0. The predicted octanol–water partition coefficient (Wildman–Crippen LogP) is 3.13. The van der Waals surface area contributed by atoms with Gasteiger partial charge in [-0.2, -0.15) is 0 Å². The molecule has 0 spiro atoms. The summed E-state index contributed by atoms with van der Waals surface area (Å²) < 4.78 is 23.7. The number of morpholine rings is 1. The van der Waals surface area contributed by atoms with Crippen molar-refractivity contribution in [2.24, 2.45) is 0 Å². The summed E-state index contributed by atoms with van der Waals surface area (Å²) in [6.45, 7) is 5.44. The molecule has 0 atom stereocenters. The third kappa shape index (κ3) is 6.94. The van der Waals surface area contributed by atoms with E-state index in [2.05, 4.69) is 34.5 Å². The van der Waals surface area contributed by atoms with E-state index in [-0.39, 0.29) is 11.7 Å². The van der Waals surface area contributed by atoms with Crippen LogP contribution in [-0.4, -0.2) is 43.7 Å². The molecule has 3 rings (SSSR count). The summed E-state index contributed by atoms with van der Waals surface area (Å²) in [5.41, 5.74) is 2.36. The van der Waals surface area contributed by atoms with Gasteiger partial charge in [0.2, 0.25) is 5.91 Å². The molecule has 0 aromatic heterocycles. The molecule has 0 radical (unpaired) electrons. The third-order valence-electron chi connectivity index (χ3n) is 4.65. The lowest BCUT2D eigenvalue weighted by Crippen LogP contribution is -2.35. The van der Waals surface area contributed by atoms with Gasteiger partial charge in [0.1, 0.15) is 11.6 Å². The summed E-state index contributed by atoms with van der Waals surface area (Å²) in [6, 6.07) is 14.2. The van der Waals surface area contributed by atoms with E-state index in [0.29, 0.717) is 31.7 Å². The minimum Gasteiger partial charge on any atom is -0.494 e. The molecule has 2 aromatic carbocycles. The highest BCUT2D eigenvalue weighted by atomic mass is 19.1. The molecule has 1 heterocycles. The number of carbonyl (C=O) groups is 1. The highest BCUT2D eigenvalue weighted by Crippen LogP contribution is 2.12. The monoisotopic (exact) mass is 386 g/mol.